The molecule has 0 unspecified atom stereocenters. The molecule has 0 aliphatic carbocycles. The molecule has 5 aromatic rings. The third-order valence-electron chi connectivity index (χ3n) is 7.49. The van der Waals surface area contributed by atoms with E-state index in [0.29, 0.717) is 23.4 Å². The normalized spacial score (nSPS) is 17.8. The Morgan fingerprint density at radius 2 is 1.84 bits per heavy atom. The van der Waals surface area contributed by atoms with Crippen LogP contribution in [0.25, 0.3) is 33.5 Å². The summed E-state index contributed by atoms with van der Waals surface area (Å²) in [4.78, 5) is 9.47. The summed E-state index contributed by atoms with van der Waals surface area (Å²) in [6.45, 7) is 0.123. The predicted molar refractivity (Wildman–Crippen MR) is 139 cm³/mol. The monoisotopic (exact) mass is 534 g/mol. The molecule has 6 nitrogen and oxygen atoms in total. The molecule has 2 aliphatic heterocycles. The van der Waals surface area contributed by atoms with Crippen molar-refractivity contribution in [1.29, 1.82) is 0 Å². The molecule has 0 radical (unpaired) electrons. The predicted octanol–water partition coefficient (Wildman–Crippen LogP) is 6.45. The molecule has 0 fully saturated rings. The fourth-order valence-corrected chi connectivity index (χ4v) is 6.95. The molecule has 7 rings (SSSR count). The summed E-state index contributed by atoms with van der Waals surface area (Å²) in [6, 6.07) is 15.1. The van der Waals surface area contributed by atoms with E-state index in [-0.39, 0.29) is 23.1 Å². The van der Waals surface area contributed by atoms with Gasteiger partial charge in [-0.15, -0.1) is 0 Å². The summed E-state index contributed by atoms with van der Waals surface area (Å²) in [5, 5.41) is 0.219. The van der Waals surface area contributed by atoms with Crippen LogP contribution in [0.4, 0.5) is 13.2 Å². The topological polar surface area (TPSA) is 61.9 Å². The average Bonchev–Trinajstić information content (AvgIpc) is 3.54. The quantitative estimate of drug-likeness (QED) is 0.249. The standard InChI is InChI=1S/C28H22F3N4O2P/c1-38(2,36)24-9-7-15(12-18(24)29)16-6-8-19-20(13-16)35-21-14-22(27(35)33-19)34-11-10-32-26(34)17-4-3-5-23(25(17)21)37-28(30)31/h3-13,21-22,28H,14H2,1-2H3/t21-,22-/m0/s1. The zero-order chi connectivity index (χ0) is 26.3. The van der Waals surface area contributed by atoms with Crippen molar-refractivity contribution in [3.8, 4) is 28.3 Å². The molecule has 0 saturated heterocycles. The van der Waals surface area contributed by atoms with Gasteiger partial charge in [0, 0.05) is 35.2 Å². The lowest BCUT2D eigenvalue weighted by molar-refractivity contribution is -0.0506. The smallest absolute Gasteiger partial charge is 0.387 e. The van der Waals surface area contributed by atoms with E-state index in [1.54, 1.807) is 43.8 Å². The molecule has 0 N–H and O–H groups in total. The minimum Gasteiger partial charge on any atom is -0.434 e. The zero-order valence-electron chi connectivity index (χ0n) is 20.5. The second kappa shape index (κ2) is 8.08. The van der Waals surface area contributed by atoms with Crippen molar-refractivity contribution in [3.63, 3.8) is 0 Å². The highest BCUT2D eigenvalue weighted by Gasteiger charge is 2.42. The second-order valence-electron chi connectivity index (χ2n) is 10.1. The van der Waals surface area contributed by atoms with Crippen LogP contribution in [-0.2, 0) is 4.57 Å². The Morgan fingerprint density at radius 3 is 2.61 bits per heavy atom. The first kappa shape index (κ1) is 23.3. The highest BCUT2D eigenvalue weighted by molar-refractivity contribution is 7.70. The molecule has 2 aromatic heterocycles. The molecule has 2 aliphatic rings. The van der Waals surface area contributed by atoms with Gasteiger partial charge in [0.2, 0.25) is 0 Å². The van der Waals surface area contributed by atoms with Crippen LogP contribution in [-0.4, -0.2) is 39.0 Å². The minimum absolute atomic E-state index is 0.116. The van der Waals surface area contributed by atoms with Crippen molar-refractivity contribution < 1.29 is 22.5 Å². The lowest BCUT2D eigenvalue weighted by atomic mass is 9.97. The first-order valence-corrected chi connectivity index (χ1v) is 14.8. The van der Waals surface area contributed by atoms with Gasteiger partial charge in [-0.25, -0.2) is 14.4 Å². The van der Waals surface area contributed by atoms with E-state index < -0.39 is 19.6 Å². The Bertz CT molecular complexity index is 1810. The summed E-state index contributed by atoms with van der Waals surface area (Å²) in [7, 11) is -2.75. The molecule has 0 amide bonds. The van der Waals surface area contributed by atoms with Gasteiger partial charge in [-0.2, -0.15) is 8.78 Å². The van der Waals surface area contributed by atoms with Crippen molar-refractivity contribution in [1.82, 2.24) is 19.1 Å². The maximum Gasteiger partial charge on any atom is 0.387 e. The number of aromatic nitrogens is 4. The number of fused-ring (bicyclic) bond motifs is 6. The van der Waals surface area contributed by atoms with Crippen LogP contribution in [0.2, 0.25) is 0 Å². The number of rotatable bonds is 4. The van der Waals surface area contributed by atoms with E-state index in [1.165, 1.54) is 6.07 Å². The average molecular weight is 534 g/mol. The Labute approximate surface area is 216 Å². The number of ether oxygens (including phenoxy) is 1. The Kier molecular flexibility index (Phi) is 4.95. The number of imidazole rings is 2. The molecule has 3 aromatic carbocycles. The fraction of sp³-hybridized carbons (Fsp3) is 0.214. The van der Waals surface area contributed by atoms with Gasteiger partial charge in [0.1, 0.15) is 30.4 Å². The van der Waals surface area contributed by atoms with Gasteiger partial charge in [0.25, 0.3) is 0 Å². The zero-order valence-corrected chi connectivity index (χ0v) is 21.4. The van der Waals surface area contributed by atoms with Crippen molar-refractivity contribution in [3.05, 3.63) is 84.2 Å². The van der Waals surface area contributed by atoms with Gasteiger partial charge in [-0.05, 0) is 54.8 Å². The van der Waals surface area contributed by atoms with Crippen LogP contribution in [0.1, 0.15) is 29.9 Å². The van der Waals surface area contributed by atoms with E-state index in [0.717, 1.165) is 28.0 Å². The fourth-order valence-electron chi connectivity index (χ4n) is 5.94. The van der Waals surface area contributed by atoms with E-state index in [9.17, 15) is 17.7 Å². The van der Waals surface area contributed by atoms with E-state index in [1.807, 2.05) is 35.0 Å². The maximum absolute atomic E-state index is 14.9. The van der Waals surface area contributed by atoms with Crippen LogP contribution >= 0.6 is 7.14 Å². The lowest BCUT2D eigenvalue weighted by Gasteiger charge is -2.21. The number of halogens is 3. The summed E-state index contributed by atoms with van der Waals surface area (Å²) >= 11 is 0. The highest BCUT2D eigenvalue weighted by Crippen LogP contribution is 2.52. The van der Waals surface area contributed by atoms with E-state index in [4.69, 9.17) is 9.72 Å². The van der Waals surface area contributed by atoms with Gasteiger partial charge >= 0.3 is 6.61 Å². The molecule has 38 heavy (non-hydrogen) atoms. The van der Waals surface area contributed by atoms with E-state index >= 15 is 0 Å². The first-order chi connectivity index (χ1) is 18.2. The Balaban J connectivity index is 1.44. The van der Waals surface area contributed by atoms with Crippen molar-refractivity contribution in [2.45, 2.75) is 25.1 Å². The molecule has 10 heteroatoms. The van der Waals surface area contributed by atoms with Gasteiger partial charge < -0.3 is 18.4 Å². The van der Waals surface area contributed by atoms with Gasteiger partial charge in [-0.1, -0.05) is 24.3 Å². The number of hydrogen-bond acceptors (Lipinski definition) is 4. The molecule has 0 saturated carbocycles. The van der Waals surface area contributed by atoms with Crippen molar-refractivity contribution in [2.24, 2.45) is 0 Å². The molecule has 4 heterocycles. The van der Waals surface area contributed by atoms with Crippen LogP contribution in [0.3, 0.4) is 0 Å². The molecule has 192 valence electrons. The SMILES string of the molecule is CP(C)(=O)c1ccc(-c2ccc3nc4n(c3c2)[C@H]2C[C@@H]4n3ccnc3-c3cccc(OC(F)F)c32)cc1F. The van der Waals surface area contributed by atoms with Gasteiger partial charge in [0.15, 0.2) is 0 Å². The first-order valence-electron chi connectivity index (χ1n) is 12.2. The highest BCUT2D eigenvalue weighted by atomic mass is 31.2. The number of alkyl halides is 2. The molecular formula is C28H22F3N4O2P. The van der Waals surface area contributed by atoms with Crippen molar-refractivity contribution in [2.75, 3.05) is 13.3 Å². The molecular weight excluding hydrogens is 512 g/mol. The Hall–Kier alpha value is -3.84. The lowest BCUT2D eigenvalue weighted by Crippen LogP contribution is -2.13. The van der Waals surface area contributed by atoms with Gasteiger partial charge in [-0.3, -0.25) is 0 Å². The van der Waals surface area contributed by atoms with Gasteiger partial charge in [0.05, 0.1) is 23.1 Å². The maximum atomic E-state index is 14.9. The van der Waals surface area contributed by atoms with Crippen LogP contribution in [0.15, 0.2) is 67.0 Å². The third kappa shape index (κ3) is 3.38. The van der Waals surface area contributed by atoms with Crippen LogP contribution in [0, 0.1) is 5.82 Å². The van der Waals surface area contributed by atoms with Crippen LogP contribution < -0.4 is 10.0 Å². The largest absolute Gasteiger partial charge is 0.434 e. The van der Waals surface area contributed by atoms with Crippen LogP contribution in [0.5, 0.6) is 5.75 Å². The summed E-state index contributed by atoms with van der Waals surface area (Å²) in [5.41, 5.74) is 4.36. The molecule has 2 bridgehead atoms. The third-order valence-corrected chi connectivity index (χ3v) is 9.02. The number of benzene rings is 3. The molecule has 0 spiro atoms. The summed E-state index contributed by atoms with van der Waals surface area (Å²) < 4.78 is 63.3. The summed E-state index contributed by atoms with van der Waals surface area (Å²) in [5.74, 6) is 1.10. The second-order valence-corrected chi connectivity index (χ2v) is 13.3. The minimum atomic E-state index is -2.97. The number of nitrogens with zero attached hydrogens (tertiary/aromatic N) is 4. The molecule has 2 atom stereocenters. The Morgan fingerprint density at radius 1 is 1.05 bits per heavy atom. The van der Waals surface area contributed by atoms with E-state index in [2.05, 4.69) is 9.55 Å². The summed E-state index contributed by atoms with van der Waals surface area (Å²) in [6.07, 6.45) is 4.19. The number of hydrogen-bond donors (Lipinski definition) is 0. The van der Waals surface area contributed by atoms with Crippen molar-refractivity contribution >= 4 is 23.5 Å².